The number of thiophene rings is 1. The van der Waals surface area contributed by atoms with Crippen LogP contribution < -0.4 is 5.32 Å². The first kappa shape index (κ1) is 15.1. The van der Waals surface area contributed by atoms with Gasteiger partial charge in [-0.05, 0) is 18.7 Å². The fourth-order valence-electron chi connectivity index (χ4n) is 1.26. The van der Waals surface area contributed by atoms with E-state index in [0.29, 0.717) is 17.4 Å². The number of nitrogens with one attached hydrogen (secondary N) is 1. The number of carbonyl (C=O) groups is 1. The molecule has 0 aliphatic heterocycles. The lowest BCUT2D eigenvalue weighted by atomic mass is 10.2. The van der Waals surface area contributed by atoms with E-state index in [-0.39, 0.29) is 12.5 Å². The minimum absolute atomic E-state index is 0.0587. The van der Waals surface area contributed by atoms with Gasteiger partial charge in [0.25, 0.3) is 5.91 Å². The first-order chi connectivity index (χ1) is 8.67. The van der Waals surface area contributed by atoms with E-state index in [1.54, 1.807) is 23.2 Å². The molecule has 0 saturated carbocycles. The highest BCUT2D eigenvalue weighted by molar-refractivity contribution is 7.99. The molecular weight excluding hydrogens is 266 g/mol. The molecule has 3 nitrogen and oxygen atoms in total. The zero-order valence-electron chi connectivity index (χ0n) is 10.5. The quantitative estimate of drug-likeness (QED) is 0.812. The van der Waals surface area contributed by atoms with Crippen molar-refractivity contribution in [2.24, 2.45) is 0 Å². The van der Waals surface area contributed by atoms with Gasteiger partial charge in [0, 0.05) is 17.2 Å². The summed E-state index contributed by atoms with van der Waals surface area (Å²) in [5.41, 5.74) is 0.638. The molecule has 0 fully saturated rings. The van der Waals surface area contributed by atoms with E-state index in [2.05, 4.69) is 30.3 Å². The lowest BCUT2D eigenvalue weighted by Crippen LogP contribution is -2.25. The van der Waals surface area contributed by atoms with Gasteiger partial charge in [0.05, 0.1) is 10.4 Å². The fraction of sp³-hybridized carbons (Fsp3) is 0.462. The molecular formula is C13H17NO2S2. The number of aliphatic hydroxyl groups excluding tert-OH is 1. The first-order valence-electron chi connectivity index (χ1n) is 5.66. The molecule has 0 aromatic carbocycles. The Labute approximate surface area is 116 Å². The van der Waals surface area contributed by atoms with Crippen molar-refractivity contribution < 1.29 is 9.90 Å². The molecule has 1 aromatic rings. The van der Waals surface area contributed by atoms with Crippen molar-refractivity contribution in [2.75, 3.05) is 19.4 Å². The number of aliphatic hydroxyl groups is 1. The summed E-state index contributed by atoms with van der Waals surface area (Å²) >= 11 is 3.21. The molecule has 0 spiro atoms. The van der Waals surface area contributed by atoms with Gasteiger partial charge in [-0.15, -0.1) is 11.3 Å². The molecule has 0 aliphatic rings. The van der Waals surface area contributed by atoms with Crippen molar-refractivity contribution in [1.29, 1.82) is 0 Å². The van der Waals surface area contributed by atoms with Crippen molar-refractivity contribution in [3.63, 3.8) is 0 Å². The zero-order chi connectivity index (χ0) is 13.4. The molecule has 1 amide bonds. The van der Waals surface area contributed by atoms with E-state index < -0.39 is 0 Å². The predicted octanol–water partition coefficient (Wildman–Crippen LogP) is 1.96. The normalized spacial score (nSPS) is 11.5. The van der Waals surface area contributed by atoms with Crippen LogP contribution in [-0.2, 0) is 0 Å². The second-order valence-corrected chi connectivity index (χ2v) is 5.94. The molecule has 0 radical (unpaired) electrons. The summed E-state index contributed by atoms with van der Waals surface area (Å²) in [5, 5.41) is 13.8. The molecule has 0 bridgehead atoms. The monoisotopic (exact) mass is 283 g/mol. The van der Waals surface area contributed by atoms with E-state index in [1.165, 1.54) is 11.3 Å². The standard InChI is InChI=1S/C13H17NO2S2/c1-10(17-2)5-6-14-13(16)11-8-12(18-9-11)4-3-7-15/h8-10,15H,5-7H2,1-2H3,(H,14,16). The van der Waals surface area contributed by atoms with Gasteiger partial charge in [0.2, 0.25) is 0 Å². The lowest BCUT2D eigenvalue weighted by Gasteiger charge is -2.08. The van der Waals surface area contributed by atoms with Crippen LogP contribution in [0, 0.1) is 11.8 Å². The van der Waals surface area contributed by atoms with Crippen LogP contribution in [0.4, 0.5) is 0 Å². The molecule has 1 aromatic heterocycles. The van der Waals surface area contributed by atoms with E-state index in [1.807, 2.05) is 0 Å². The van der Waals surface area contributed by atoms with Crippen LogP contribution in [0.25, 0.3) is 0 Å². The molecule has 1 heterocycles. The van der Waals surface area contributed by atoms with Gasteiger partial charge in [-0.25, -0.2) is 0 Å². The third-order valence-electron chi connectivity index (χ3n) is 2.39. The van der Waals surface area contributed by atoms with Gasteiger partial charge >= 0.3 is 0 Å². The smallest absolute Gasteiger partial charge is 0.252 e. The van der Waals surface area contributed by atoms with Crippen molar-refractivity contribution in [1.82, 2.24) is 5.32 Å². The Morgan fingerprint density at radius 1 is 1.67 bits per heavy atom. The van der Waals surface area contributed by atoms with Gasteiger partial charge in [-0.3, -0.25) is 4.79 Å². The number of thioether (sulfide) groups is 1. The first-order valence-corrected chi connectivity index (χ1v) is 7.83. The Bertz CT molecular complexity index is 445. The van der Waals surface area contributed by atoms with Crippen molar-refractivity contribution in [3.8, 4) is 11.8 Å². The van der Waals surface area contributed by atoms with Crippen LogP contribution in [0.15, 0.2) is 11.4 Å². The summed E-state index contributed by atoms with van der Waals surface area (Å²) in [4.78, 5) is 12.6. The summed E-state index contributed by atoms with van der Waals surface area (Å²) in [6.45, 7) is 2.67. The van der Waals surface area contributed by atoms with Crippen molar-refractivity contribution >= 4 is 29.0 Å². The largest absolute Gasteiger partial charge is 0.384 e. The molecule has 0 aliphatic carbocycles. The fourth-order valence-corrected chi connectivity index (χ4v) is 2.37. The minimum Gasteiger partial charge on any atom is -0.384 e. The highest BCUT2D eigenvalue weighted by atomic mass is 32.2. The SMILES string of the molecule is CSC(C)CCNC(=O)c1csc(C#CCO)c1. The number of carbonyl (C=O) groups excluding carboxylic acids is 1. The third-order valence-corrected chi connectivity index (χ3v) is 4.28. The highest BCUT2D eigenvalue weighted by Gasteiger charge is 2.08. The second-order valence-electron chi connectivity index (χ2n) is 3.75. The summed E-state index contributed by atoms with van der Waals surface area (Å²) in [6, 6.07) is 1.75. The molecule has 98 valence electrons. The lowest BCUT2D eigenvalue weighted by molar-refractivity contribution is 0.0954. The van der Waals surface area contributed by atoms with Crippen LogP contribution in [-0.4, -0.2) is 35.7 Å². The molecule has 18 heavy (non-hydrogen) atoms. The summed E-state index contributed by atoms with van der Waals surface area (Å²) in [5.74, 6) is 5.29. The van der Waals surface area contributed by atoms with E-state index in [9.17, 15) is 4.79 Å². The maximum Gasteiger partial charge on any atom is 0.252 e. The topological polar surface area (TPSA) is 49.3 Å². The number of hydrogen-bond donors (Lipinski definition) is 2. The number of amides is 1. The van der Waals surface area contributed by atoms with Gasteiger partial charge in [-0.2, -0.15) is 11.8 Å². The summed E-state index contributed by atoms with van der Waals surface area (Å²) in [6.07, 6.45) is 3.03. The highest BCUT2D eigenvalue weighted by Crippen LogP contribution is 2.13. The van der Waals surface area contributed by atoms with Gasteiger partial charge < -0.3 is 10.4 Å². The number of rotatable bonds is 5. The number of hydrogen-bond acceptors (Lipinski definition) is 4. The Morgan fingerprint density at radius 3 is 3.11 bits per heavy atom. The van der Waals surface area contributed by atoms with Crippen LogP contribution in [0.3, 0.4) is 0 Å². The second kappa shape index (κ2) is 8.20. The molecule has 1 unspecified atom stereocenters. The Balaban J connectivity index is 2.44. The molecule has 5 heteroatoms. The molecule has 0 saturated heterocycles. The van der Waals surface area contributed by atoms with Crippen LogP contribution in [0.5, 0.6) is 0 Å². The van der Waals surface area contributed by atoms with Gasteiger partial charge in [0.15, 0.2) is 0 Å². The van der Waals surface area contributed by atoms with Crippen LogP contribution in [0.2, 0.25) is 0 Å². The van der Waals surface area contributed by atoms with Gasteiger partial charge in [-0.1, -0.05) is 18.8 Å². The maximum atomic E-state index is 11.8. The molecule has 2 N–H and O–H groups in total. The third kappa shape index (κ3) is 5.13. The summed E-state index contributed by atoms with van der Waals surface area (Å²) < 4.78 is 0. The molecule has 1 atom stereocenters. The van der Waals surface area contributed by atoms with Crippen LogP contribution >= 0.6 is 23.1 Å². The average Bonchev–Trinajstić information content (AvgIpc) is 2.84. The van der Waals surface area contributed by atoms with E-state index in [4.69, 9.17) is 5.11 Å². The van der Waals surface area contributed by atoms with E-state index in [0.717, 1.165) is 11.3 Å². The Kier molecular flexibility index (Phi) is 6.88. The Morgan fingerprint density at radius 2 is 2.44 bits per heavy atom. The van der Waals surface area contributed by atoms with Crippen LogP contribution in [0.1, 0.15) is 28.6 Å². The van der Waals surface area contributed by atoms with E-state index >= 15 is 0 Å². The predicted molar refractivity (Wildman–Crippen MR) is 78.2 cm³/mol. The average molecular weight is 283 g/mol. The maximum absolute atomic E-state index is 11.8. The van der Waals surface area contributed by atoms with Gasteiger partial charge in [0.1, 0.15) is 6.61 Å². The minimum atomic E-state index is -0.161. The zero-order valence-corrected chi connectivity index (χ0v) is 12.2. The van der Waals surface area contributed by atoms with Crippen molar-refractivity contribution in [3.05, 3.63) is 21.9 Å². The summed E-state index contributed by atoms with van der Waals surface area (Å²) in [7, 11) is 0. The van der Waals surface area contributed by atoms with Crippen molar-refractivity contribution in [2.45, 2.75) is 18.6 Å². The Hall–Kier alpha value is -0.960. The molecule has 1 rings (SSSR count).